The van der Waals surface area contributed by atoms with Gasteiger partial charge in [0.25, 0.3) is 0 Å². The molecule has 1 aliphatic rings. The van der Waals surface area contributed by atoms with Crippen LogP contribution in [0.5, 0.6) is 0 Å². The zero-order valence-corrected chi connectivity index (χ0v) is 13.9. The summed E-state index contributed by atoms with van der Waals surface area (Å²) in [6.45, 7) is 1.78. The Morgan fingerprint density at radius 1 is 1.33 bits per heavy atom. The maximum atomic E-state index is 13.3. The lowest BCUT2D eigenvalue weighted by atomic mass is 9.89. The fourth-order valence-electron chi connectivity index (χ4n) is 3.01. The van der Waals surface area contributed by atoms with Crippen molar-refractivity contribution >= 4 is 21.8 Å². The fourth-order valence-corrected chi connectivity index (χ4v) is 3.76. The largest absolute Gasteiger partial charge is 0.368 e. The van der Waals surface area contributed by atoms with Crippen molar-refractivity contribution in [2.45, 2.75) is 57.0 Å². The maximum Gasteiger partial charge on any atom is 0.242 e. The molecule has 0 heterocycles. The molecule has 2 rings (SSSR count). The van der Waals surface area contributed by atoms with Gasteiger partial charge in [-0.15, -0.1) is 0 Å². The molecule has 0 radical (unpaired) electrons. The number of carbonyl (C=O) groups is 1. The zero-order valence-electron chi connectivity index (χ0n) is 12.3. The van der Waals surface area contributed by atoms with Crippen LogP contribution in [-0.4, -0.2) is 11.9 Å². The number of nitrogens with two attached hydrogens (primary N) is 1. The van der Waals surface area contributed by atoms with E-state index in [0.717, 1.165) is 25.7 Å². The number of amides is 1. The average Bonchev–Trinajstić information content (AvgIpc) is 2.66. The van der Waals surface area contributed by atoms with Crippen LogP contribution in [0.3, 0.4) is 0 Å². The number of nitrogens with one attached hydrogen (secondary N) is 1. The summed E-state index contributed by atoms with van der Waals surface area (Å²) in [7, 11) is 0. The van der Waals surface area contributed by atoms with Crippen LogP contribution in [0.25, 0.3) is 0 Å². The van der Waals surface area contributed by atoms with Crippen LogP contribution in [0.2, 0.25) is 0 Å². The van der Waals surface area contributed by atoms with Gasteiger partial charge in [0.1, 0.15) is 11.4 Å². The van der Waals surface area contributed by atoms with Gasteiger partial charge < -0.3 is 5.73 Å². The molecular weight excluding hydrogens is 335 g/mol. The molecule has 1 unspecified atom stereocenters. The predicted molar refractivity (Wildman–Crippen MR) is 85.3 cm³/mol. The van der Waals surface area contributed by atoms with Crippen molar-refractivity contribution in [3.8, 4) is 0 Å². The fraction of sp³-hybridized carbons (Fsp3) is 0.562. The number of hydrogen-bond donors (Lipinski definition) is 2. The molecule has 0 aliphatic heterocycles. The molecule has 0 aromatic heterocycles. The van der Waals surface area contributed by atoms with Crippen molar-refractivity contribution in [3.05, 3.63) is 34.1 Å². The van der Waals surface area contributed by atoms with Gasteiger partial charge in [-0.3, -0.25) is 10.1 Å². The molecule has 5 heteroatoms. The SMILES string of the molecule is CC(NC1CCCCCC1)(C(N)=O)c1ccc(F)cc1Br. The zero-order chi connectivity index (χ0) is 15.5. The first-order valence-corrected chi connectivity index (χ1v) is 8.26. The topological polar surface area (TPSA) is 55.1 Å². The third-order valence-electron chi connectivity index (χ3n) is 4.31. The Balaban J connectivity index is 2.28. The summed E-state index contributed by atoms with van der Waals surface area (Å²) in [4.78, 5) is 12.1. The highest BCUT2D eigenvalue weighted by atomic mass is 79.9. The van der Waals surface area contributed by atoms with E-state index in [1.54, 1.807) is 13.0 Å². The molecular formula is C16H22BrFN2O. The van der Waals surface area contributed by atoms with E-state index < -0.39 is 11.4 Å². The van der Waals surface area contributed by atoms with Gasteiger partial charge in [0.2, 0.25) is 5.91 Å². The number of benzene rings is 1. The van der Waals surface area contributed by atoms with Gasteiger partial charge in [-0.1, -0.05) is 47.7 Å². The molecule has 0 bridgehead atoms. The molecule has 116 valence electrons. The molecule has 3 N–H and O–H groups in total. The summed E-state index contributed by atoms with van der Waals surface area (Å²) < 4.78 is 13.8. The van der Waals surface area contributed by atoms with E-state index in [0.29, 0.717) is 10.0 Å². The molecule has 1 amide bonds. The Morgan fingerprint density at radius 3 is 2.48 bits per heavy atom. The van der Waals surface area contributed by atoms with Gasteiger partial charge in [0, 0.05) is 10.5 Å². The number of primary amides is 1. The molecule has 3 nitrogen and oxygen atoms in total. The number of hydrogen-bond acceptors (Lipinski definition) is 2. The van der Waals surface area contributed by atoms with Crippen LogP contribution in [0.4, 0.5) is 4.39 Å². The van der Waals surface area contributed by atoms with Crippen molar-refractivity contribution in [1.29, 1.82) is 0 Å². The van der Waals surface area contributed by atoms with Gasteiger partial charge in [-0.2, -0.15) is 0 Å². The van der Waals surface area contributed by atoms with E-state index in [4.69, 9.17) is 5.73 Å². The molecule has 1 aromatic rings. The summed E-state index contributed by atoms with van der Waals surface area (Å²) >= 11 is 3.34. The highest BCUT2D eigenvalue weighted by molar-refractivity contribution is 9.10. The number of carbonyl (C=O) groups excluding carboxylic acids is 1. The minimum Gasteiger partial charge on any atom is -0.368 e. The van der Waals surface area contributed by atoms with E-state index >= 15 is 0 Å². The van der Waals surface area contributed by atoms with Crippen molar-refractivity contribution in [1.82, 2.24) is 5.32 Å². The normalized spacial score (nSPS) is 19.8. The highest BCUT2D eigenvalue weighted by Crippen LogP contribution is 2.31. The second-order valence-electron chi connectivity index (χ2n) is 5.95. The summed E-state index contributed by atoms with van der Waals surface area (Å²) in [5.41, 5.74) is 5.33. The first-order chi connectivity index (χ1) is 9.93. The Labute approximate surface area is 133 Å². The van der Waals surface area contributed by atoms with Crippen molar-refractivity contribution < 1.29 is 9.18 Å². The number of rotatable bonds is 4. The predicted octanol–water partition coefficient (Wildman–Crippen LogP) is 3.60. The first kappa shape index (κ1) is 16.4. The van der Waals surface area contributed by atoms with Gasteiger partial charge in [0.05, 0.1) is 0 Å². The van der Waals surface area contributed by atoms with E-state index in [-0.39, 0.29) is 11.9 Å². The Bertz CT molecular complexity index is 515. The Morgan fingerprint density at radius 2 is 1.95 bits per heavy atom. The van der Waals surface area contributed by atoms with Crippen LogP contribution in [-0.2, 0) is 10.3 Å². The third-order valence-corrected chi connectivity index (χ3v) is 4.97. The van der Waals surface area contributed by atoms with Crippen LogP contribution in [0.15, 0.2) is 22.7 Å². The summed E-state index contributed by atoms with van der Waals surface area (Å²) in [6.07, 6.45) is 6.90. The lowest BCUT2D eigenvalue weighted by Gasteiger charge is -2.33. The smallest absolute Gasteiger partial charge is 0.242 e. The van der Waals surface area contributed by atoms with Crippen LogP contribution < -0.4 is 11.1 Å². The first-order valence-electron chi connectivity index (χ1n) is 7.46. The quantitative estimate of drug-likeness (QED) is 0.809. The summed E-state index contributed by atoms with van der Waals surface area (Å²) in [6, 6.07) is 4.61. The second kappa shape index (κ2) is 6.88. The van der Waals surface area contributed by atoms with Crippen LogP contribution in [0.1, 0.15) is 51.0 Å². The Kier molecular flexibility index (Phi) is 5.38. The van der Waals surface area contributed by atoms with Crippen molar-refractivity contribution in [2.24, 2.45) is 5.73 Å². The van der Waals surface area contributed by atoms with Crippen LogP contribution in [0, 0.1) is 5.82 Å². The van der Waals surface area contributed by atoms with E-state index in [9.17, 15) is 9.18 Å². The molecule has 1 saturated carbocycles. The standard InChI is InChI=1S/C16H22BrFN2O/c1-16(15(19)21,13-9-8-11(18)10-14(13)17)20-12-6-4-2-3-5-7-12/h8-10,12,20H,2-7H2,1H3,(H2,19,21). The van der Waals surface area contributed by atoms with Gasteiger partial charge in [0.15, 0.2) is 0 Å². The minimum atomic E-state index is -0.998. The maximum absolute atomic E-state index is 13.3. The lowest BCUT2D eigenvalue weighted by Crippen LogP contribution is -2.54. The highest BCUT2D eigenvalue weighted by Gasteiger charge is 2.37. The van der Waals surface area contributed by atoms with Gasteiger partial charge >= 0.3 is 0 Å². The Hall–Kier alpha value is -0.940. The minimum absolute atomic E-state index is 0.266. The summed E-state index contributed by atoms with van der Waals surface area (Å²) in [5, 5.41) is 3.42. The molecule has 1 aliphatic carbocycles. The van der Waals surface area contributed by atoms with Crippen LogP contribution >= 0.6 is 15.9 Å². The van der Waals surface area contributed by atoms with Gasteiger partial charge in [-0.25, -0.2) is 4.39 Å². The third kappa shape index (κ3) is 3.83. The monoisotopic (exact) mass is 356 g/mol. The molecule has 1 fully saturated rings. The molecule has 21 heavy (non-hydrogen) atoms. The molecule has 0 saturated heterocycles. The van der Waals surface area contributed by atoms with Crippen molar-refractivity contribution in [2.75, 3.05) is 0 Å². The van der Waals surface area contributed by atoms with E-state index in [1.807, 2.05) is 0 Å². The van der Waals surface area contributed by atoms with E-state index in [2.05, 4.69) is 21.2 Å². The summed E-state index contributed by atoms with van der Waals surface area (Å²) in [5.74, 6) is -0.786. The second-order valence-corrected chi connectivity index (χ2v) is 6.80. The molecule has 1 atom stereocenters. The van der Waals surface area contributed by atoms with E-state index in [1.165, 1.54) is 25.0 Å². The van der Waals surface area contributed by atoms with Crippen molar-refractivity contribution in [3.63, 3.8) is 0 Å². The number of halogens is 2. The lowest BCUT2D eigenvalue weighted by molar-refractivity contribution is -0.124. The van der Waals surface area contributed by atoms with Gasteiger partial charge in [-0.05, 0) is 37.5 Å². The molecule has 0 spiro atoms. The molecule has 1 aromatic carbocycles. The average molecular weight is 357 g/mol.